The van der Waals surface area contributed by atoms with Gasteiger partial charge in [-0.1, -0.05) is 12.1 Å². The number of hydrogen-bond donors (Lipinski definition) is 1. The first-order valence-electron chi connectivity index (χ1n) is 6.76. The van der Waals surface area contributed by atoms with Crippen LogP contribution in [-0.4, -0.2) is 14.8 Å². The average Bonchev–Trinajstić information content (AvgIpc) is 2.95. The van der Waals surface area contributed by atoms with Gasteiger partial charge in [0.25, 0.3) is 16.3 Å². The van der Waals surface area contributed by atoms with Crippen LogP contribution in [-0.2, 0) is 12.7 Å². The van der Waals surface area contributed by atoms with E-state index in [2.05, 4.69) is 10.2 Å². The first kappa shape index (κ1) is 16.2. The fraction of sp³-hybridized carbons (Fsp3) is 0.133. The van der Waals surface area contributed by atoms with Crippen LogP contribution >= 0.6 is 12.2 Å². The third-order valence-electron chi connectivity index (χ3n) is 3.30. The summed E-state index contributed by atoms with van der Waals surface area (Å²) in [4.78, 5) is 12.5. The van der Waals surface area contributed by atoms with E-state index < -0.39 is 17.3 Å². The summed E-state index contributed by atoms with van der Waals surface area (Å²) >= 11 is 4.76. The van der Waals surface area contributed by atoms with Crippen molar-refractivity contribution >= 4 is 12.2 Å². The summed E-state index contributed by atoms with van der Waals surface area (Å²) in [6.07, 6.45) is -2.95. The fourth-order valence-corrected chi connectivity index (χ4v) is 2.34. The number of aromatic nitrogens is 3. The molecule has 0 aliphatic heterocycles. The predicted molar refractivity (Wildman–Crippen MR) is 81.9 cm³/mol. The van der Waals surface area contributed by atoms with Crippen molar-refractivity contribution in [1.82, 2.24) is 14.8 Å². The molecular weight excluding hydrogens is 343 g/mol. The molecule has 1 N–H and O–H groups in total. The normalized spacial score (nSPS) is 11.6. The third-order valence-corrected chi connectivity index (χ3v) is 3.47. The van der Waals surface area contributed by atoms with Crippen LogP contribution in [0.2, 0.25) is 0 Å². The Labute approximate surface area is 138 Å². The molecule has 0 radical (unpaired) electrons. The van der Waals surface area contributed by atoms with Crippen LogP contribution in [0.25, 0.3) is 11.5 Å². The van der Waals surface area contributed by atoms with Gasteiger partial charge in [-0.25, -0.2) is 5.10 Å². The molecule has 0 saturated carbocycles. The van der Waals surface area contributed by atoms with Gasteiger partial charge in [0.1, 0.15) is 5.56 Å². The molecule has 5 nitrogen and oxygen atoms in total. The second kappa shape index (κ2) is 6.08. The number of rotatable bonds is 3. The molecule has 0 atom stereocenters. The van der Waals surface area contributed by atoms with E-state index in [-0.39, 0.29) is 22.8 Å². The largest absolute Gasteiger partial charge is 0.416 e. The van der Waals surface area contributed by atoms with Crippen LogP contribution in [0.15, 0.2) is 51.8 Å². The summed E-state index contributed by atoms with van der Waals surface area (Å²) in [5, 5.41) is 6.20. The van der Waals surface area contributed by atoms with E-state index in [0.717, 1.165) is 12.1 Å². The highest BCUT2D eigenvalue weighted by atomic mass is 32.1. The number of nitrogens with one attached hydrogen (secondary N) is 1. The maximum atomic E-state index is 12.8. The Bertz CT molecular complexity index is 988. The zero-order valence-corrected chi connectivity index (χ0v) is 12.8. The van der Waals surface area contributed by atoms with E-state index in [4.69, 9.17) is 16.6 Å². The number of halogens is 3. The summed E-state index contributed by atoms with van der Waals surface area (Å²) in [5.74, 6) is 0.0309. The summed E-state index contributed by atoms with van der Waals surface area (Å²) in [5.41, 5.74) is -0.689. The van der Waals surface area contributed by atoms with Gasteiger partial charge < -0.3 is 8.98 Å². The molecule has 124 valence electrons. The molecule has 3 aromatic rings. The number of H-pyrrole nitrogens is 1. The molecule has 0 fully saturated rings. The van der Waals surface area contributed by atoms with Gasteiger partial charge in [-0.05, 0) is 42.0 Å². The lowest BCUT2D eigenvalue weighted by atomic mass is 10.1. The predicted octanol–water partition coefficient (Wildman–Crippen LogP) is 3.63. The standard InChI is InChI=1S/C15H10F3N3O2S/c16-15(17,18)10-4-1-3-9(7-10)8-21-6-2-5-11(13(21)22)12-19-20-14(24)23-12/h1-7H,8H2,(H,20,24). The first-order valence-corrected chi connectivity index (χ1v) is 7.17. The van der Waals surface area contributed by atoms with Crippen LogP contribution in [0.3, 0.4) is 0 Å². The van der Waals surface area contributed by atoms with Gasteiger partial charge in [-0.3, -0.25) is 4.79 Å². The highest BCUT2D eigenvalue weighted by molar-refractivity contribution is 7.71. The van der Waals surface area contributed by atoms with E-state index in [1.165, 1.54) is 29.0 Å². The number of pyridine rings is 1. The van der Waals surface area contributed by atoms with Gasteiger partial charge in [0, 0.05) is 6.20 Å². The van der Waals surface area contributed by atoms with E-state index in [0.29, 0.717) is 5.56 Å². The third kappa shape index (κ3) is 3.30. The number of alkyl halides is 3. The van der Waals surface area contributed by atoms with Crippen molar-refractivity contribution in [1.29, 1.82) is 0 Å². The van der Waals surface area contributed by atoms with E-state index in [9.17, 15) is 18.0 Å². The van der Waals surface area contributed by atoms with Crippen molar-refractivity contribution in [3.63, 3.8) is 0 Å². The molecule has 24 heavy (non-hydrogen) atoms. The van der Waals surface area contributed by atoms with Gasteiger partial charge in [0.15, 0.2) is 0 Å². The quantitative estimate of drug-likeness (QED) is 0.731. The minimum atomic E-state index is -4.43. The molecule has 0 amide bonds. The minimum Gasteiger partial charge on any atom is -0.409 e. The van der Waals surface area contributed by atoms with Crippen LogP contribution < -0.4 is 5.56 Å². The molecule has 3 rings (SSSR count). The van der Waals surface area contributed by atoms with Gasteiger partial charge >= 0.3 is 6.18 Å². The zero-order chi connectivity index (χ0) is 17.3. The smallest absolute Gasteiger partial charge is 0.409 e. The zero-order valence-electron chi connectivity index (χ0n) is 12.0. The van der Waals surface area contributed by atoms with Crippen LogP contribution in [0.1, 0.15) is 11.1 Å². The van der Waals surface area contributed by atoms with E-state index >= 15 is 0 Å². The maximum Gasteiger partial charge on any atom is 0.416 e. The Morgan fingerprint density at radius 3 is 2.71 bits per heavy atom. The molecule has 1 aromatic carbocycles. The summed E-state index contributed by atoms with van der Waals surface area (Å²) in [6, 6.07) is 7.90. The number of hydrogen-bond acceptors (Lipinski definition) is 4. The van der Waals surface area contributed by atoms with Crippen molar-refractivity contribution in [2.75, 3.05) is 0 Å². The molecule has 0 spiro atoms. The number of aromatic amines is 1. The SMILES string of the molecule is O=c1c(-c2n[nH]c(=S)o2)cccn1Cc1cccc(C(F)(F)F)c1. The Kier molecular flexibility index (Phi) is 4.10. The molecule has 0 aliphatic rings. The van der Waals surface area contributed by atoms with Gasteiger partial charge in [-0.2, -0.15) is 13.2 Å². The molecule has 0 unspecified atom stereocenters. The van der Waals surface area contributed by atoms with Crippen LogP contribution in [0.5, 0.6) is 0 Å². The van der Waals surface area contributed by atoms with E-state index in [1.54, 1.807) is 6.07 Å². The number of benzene rings is 1. The molecule has 0 bridgehead atoms. The molecular formula is C15H10F3N3O2S. The highest BCUT2D eigenvalue weighted by Gasteiger charge is 2.30. The lowest BCUT2D eigenvalue weighted by molar-refractivity contribution is -0.137. The lowest BCUT2D eigenvalue weighted by Crippen LogP contribution is -2.21. The molecule has 9 heteroatoms. The summed E-state index contributed by atoms with van der Waals surface area (Å²) < 4.78 is 44.7. The molecule has 0 aliphatic carbocycles. The first-order chi connectivity index (χ1) is 11.3. The highest BCUT2D eigenvalue weighted by Crippen LogP contribution is 2.29. The van der Waals surface area contributed by atoms with Gasteiger partial charge in [0.05, 0.1) is 12.1 Å². The van der Waals surface area contributed by atoms with Crippen molar-refractivity contribution in [2.24, 2.45) is 0 Å². The second-order valence-electron chi connectivity index (χ2n) is 4.97. The number of nitrogens with zero attached hydrogens (tertiary/aromatic N) is 2. The minimum absolute atomic E-state index is 0.0122. The Morgan fingerprint density at radius 1 is 1.25 bits per heavy atom. The van der Waals surface area contributed by atoms with Crippen molar-refractivity contribution < 1.29 is 17.6 Å². The van der Waals surface area contributed by atoms with Crippen molar-refractivity contribution in [3.05, 3.63) is 68.9 Å². The summed E-state index contributed by atoms with van der Waals surface area (Å²) in [7, 11) is 0. The van der Waals surface area contributed by atoms with Crippen molar-refractivity contribution in [2.45, 2.75) is 12.7 Å². The van der Waals surface area contributed by atoms with Crippen molar-refractivity contribution in [3.8, 4) is 11.5 Å². The molecule has 2 aromatic heterocycles. The molecule has 2 heterocycles. The topological polar surface area (TPSA) is 63.8 Å². The Balaban J connectivity index is 1.97. The van der Waals surface area contributed by atoms with Crippen LogP contribution in [0.4, 0.5) is 13.2 Å². The maximum absolute atomic E-state index is 12.8. The van der Waals surface area contributed by atoms with Crippen LogP contribution in [0, 0.1) is 4.84 Å². The average molecular weight is 353 g/mol. The van der Waals surface area contributed by atoms with Gasteiger partial charge in [-0.15, -0.1) is 5.10 Å². The molecule has 0 saturated heterocycles. The summed E-state index contributed by atoms with van der Waals surface area (Å²) in [6.45, 7) is -0.0122. The van der Waals surface area contributed by atoms with E-state index in [1.807, 2.05) is 0 Å². The lowest BCUT2D eigenvalue weighted by Gasteiger charge is -2.10. The second-order valence-corrected chi connectivity index (χ2v) is 5.34. The fourth-order valence-electron chi connectivity index (χ4n) is 2.21. The van der Waals surface area contributed by atoms with Gasteiger partial charge in [0.2, 0.25) is 0 Å². The Morgan fingerprint density at radius 2 is 2.04 bits per heavy atom. The monoisotopic (exact) mass is 353 g/mol. The Hall–Kier alpha value is -2.68.